The minimum absolute atomic E-state index is 0.180. The molecule has 0 spiro atoms. The maximum Gasteiger partial charge on any atom is 0.229 e. The van der Waals surface area contributed by atoms with Crippen molar-refractivity contribution in [3.8, 4) is 0 Å². The van der Waals surface area contributed by atoms with Gasteiger partial charge in [-0.15, -0.1) is 0 Å². The number of nitrogens with one attached hydrogen (secondary N) is 1. The molecule has 2 aliphatic rings. The molecule has 1 unspecified atom stereocenters. The number of carbonyl (C=O) groups excluding carboxylic acids is 1. The SMILES string of the molecule is CCC1CN=C(NC(=O)C2CCC2)S1. The molecule has 14 heavy (non-hydrogen) atoms. The quantitative estimate of drug-likeness (QED) is 0.758. The Hall–Kier alpha value is -0.510. The molecule has 0 radical (unpaired) electrons. The van der Waals surface area contributed by atoms with Crippen LogP contribution < -0.4 is 5.32 Å². The van der Waals surface area contributed by atoms with Crippen molar-refractivity contribution in [3.05, 3.63) is 0 Å². The fraction of sp³-hybridized carbons (Fsp3) is 0.800. The number of amidine groups is 1. The van der Waals surface area contributed by atoms with Gasteiger partial charge in [0.05, 0.1) is 6.54 Å². The standard InChI is InChI=1S/C10H16N2OS/c1-2-8-6-11-10(14-8)12-9(13)7-4-3-5-7/h7-8H,2-6H2,1H3,(H,11,12,13). The Morgan fingerprint density at radius 3 is 2.93 bits per heavy atom. The summed E-state index contributed by atoms with van der Waals surface area (Å²) in [7, 11) is 0. The molecule has 78 valence electrons. The molecule has 1 saturated carbocycles. The predicted molar refractivity (Wildman–Crippen MR) is 59.5 cm³/mol. The molecule has 1 fully saturated rings. The number of aliphatic imine (C=N–C) groups is 1. The molecule has 2 rings (SSSR count). The number of thioether (sulfide) groups is 1. The van der Waals surface area contributed by atoms with Gasteiger partial charge in [0.15, 0.2) is 5.17 Å². The van der Waals surface area contributed by atoms with E-state index in [2.05, 4.69) is 17.2 Å². The zero-order chi connectivity index (χ0) is 9.97. The Labute approximate surface area is 88.7 Å². The molecule has 1 atom stereocenters. The van der Waals surface area contributed by atoms with Crippen LogP contribution in [-0.4, -0.2) is 22.9 Å². The summed E-state index contributed by atoms with van der Waals surface area (Å²) in [6, 6.07) is 0. The summed E-state index contributed by atoms with van der Waals surface area (Å²) in [5.41, 5.74) is 0. The van der Waals surface area contributed by atoms with Crippen molar-refractivity contribution in [2.75, 3.05) is 6.54 Å². The molecule has 0 bridgehead atoms. The smallest absolute Gasteiger partial charge is 0.229 e. The molecule has 0 aromatic heterocycles. The normalized spacial score (nSPS) is 26.9. The van der Waals surface area contributed by atoms with Crippen molar-refractivity contribution in [1.29, 1.82) is 0 Å². The summed E-state index contributed by atoms with van der Waals surface area (Å²) in [6.07, 6.45) is 4.44. The van der Waals surface area contributed by atoms with E-state index in [-0.39, 0.29) is 11.8 Å². The van der Waals surface area contributed by atoms with Crippen LogP contribution in [0, 0.1) is 5.92 Å². The molecule has 0 aromatic rings. The summed E-state index contributed by atoms with van der Waals surface area (Å²) >= 11 is 1.71. The lowest BCUT2D eigenvalue weighted by Crippen LogP contribution is -2.36. The number of hydrogen-bond donors (Lipinski definition) is 1. The van der Waals surface area contributed by atoms with Gasteiger partial charge >= 0.3 is 0 Å². The lowest BCUT2D eigenvalue weighted by molar-refractivity contribution is -0.125. The van der Waals surface area contributed by atoms with Crippen LogP contribution in [0.25, 0.3) is 0 Å². The van der Waals surface area contributed by atoms with Gasteiger partial charge in [-0.25, -0.2) is 0 Å². The summed E-state index contributed by atoms with van der Waals surface area (Å²) in [5, 5.41) is 4.34. The lowest BCUT2D eigenvalue weighted by atomic mass is 9.85. The number of hydrogen-bond acceptors (Lipinski definition) is 3. The second-order valence-corrected chi connectivity index (χ2v) is 5.20. The Morgan fingerprint density at radius 2 is 2.43 bits per heavy atom. The van der Waals surface area contributed by atoms with Crippen molar-refractivity contribution >= 4 is 22.8 Å². The van der Waals surface area contributed by atoms with Gasteiger partial charge in [0, 0.05) is 11.2 Å². The highest BCUT2D eigenvalue weighted by Crippen LogP contribution is 2.27. The van der Waals surface area contributed by atoms with Crippen LogP contribution in [0.4, 0.5) is 0 Å². The number of nitrogens with zero attached hydrogens (tertiary/aromatic N) is 1. The Bertz CT molecular complexity index is 261. The van der Waals surface area contributed by atoms with Gasteiger partial charge in [0.25, 0.3) is 0 Å². The molecule has 1 aliphatic carbocycles. The van der Waals surface area contributed by atoms with Gasteiger partial charge in [0.2, 0.25) is 5.91 Å². The summed E-state index contributed by atoms with van der Waals surface area (Å²) in [4.78, 5) is 15.9. The maximum atomic E-state index is 11.6. The van der Waals surface area contributed by atoms with Crippen LogP contribution in [0.5, 0.6) is 0 Å². The van der Waals surface area contributed by atoms with Gasteiger partial charge < -0.3 is 5.32 Å². The number of amides is 1. The third-order valence-electron chi connectivity index (χ3n) is 2.88. The summed E-state index contributed by atoms with van der Waals surface area (Å²) < 4.78 is 0. The average Bonchev–Trinajstić information content (AvgIpc) is 2.48. The van der Waals surface area contributed by atoms with Crippen molar-refractivity contribution in [2.24, 2.45) is 10.9 Å². The van der Waals surface area contributed by atoms with E-state index in [0.717, 1.165) is 31.0 Å². The summed E-state index contributed by atoms with van der Waals surface area (Å²) in [6.45, 7) is 3.02. The Balaban J connectivity index is 1.77. The lowest BCUT2D eigenvalue weighted by Gasteiger charge is -2.23. The highest BCUT2D eigenvalue weighted by molar-refractivity contribution is 8.14. The van der Waals surface area contributed by atoms with E-state index in [0.29, 0.717) is 5.25 Å². The fourth-order valence-electron chi connectivity index (χ4n) is 1.58. The third kappa shape index (κ3) is 2.11. The molecule has 0 aromatic carbocycles. The van der Waals surface area contributed by atoms with Crippen LogP contribution in [-0.2, 0) is 4.79 Å². The van der Waals surface area contributed by atoms with Crippen molar-refractivity contribution in [3.63, 3.8) is 0 Å². The van der Waals surface area contributed by atoms with Crippen LogP contribution in [0.3, 0.4) is 0 Å². The second-order valence-electron chi connectivity index (χ2n) is 3.91. The highest BCUT2D eigenvalue weighted by Gasteiger charge is 2.27. The van der Waals surface area contributed by atoms with Gasteiger partial charge in [-0.3, -0.25) is 9.79 Å². The largest absolute Gasteiger partial charge is 0.305 e. The highest BCUT2D eigenvalue weighted by atomic mass is 32.2. The molecule has 1 heterocycles. The van der Waals surface area contributed by atoms with Crippen LogP contribution >= 0.6 is 11.8 Å². The van der Waals surface area contributed by atoms with Crippen molar-refractivity contribution in [2.45, 2.75) is 37.9 Å². The first-order chi connectivity index (χ1) is 6.79. The minimum atomic E-state index is 0.180. The average molecular weight is 212 g/mol. The molecular weight excluding hydrogens is 196 g/mol. The molecule has 1 amide bonds. The van der Waals surface area contributed by atoms with Gasteiger partial charge in [0.1, 0.15) is 0 Å². The van der Waals surface area contributed by atoms with E-state index in [1.165, 1.54) is 6.42 Å². The third-order valence-corrected chi connectivity index (χ3v) is 4.15. The van der Waals surface area contributed by atoms with Crippen molar-refractivity contribution < 1.29 is 4.79 Å². The first kappa shape index (κ1) is 10.0. The molecule has 1 N–H and O–H groups in total. The zero-order valence-electron chi connectivity index (χ0n) is 8.45. The van der Waals surface area contributed by atoms with Crippen molar-refractivity contribution in [1.82, 2.24) is 5.32 Å². The van der Waals surface area contributed by atoms with E-state index in [1.807, 2.05) is 0 Å². The van der Waals surface area contributed by atoms with Gasteiger partial charge in [-0.1, -0.05) is 25.1 Å². The minimum Gasteiger partial charge on any atom is -0.305 e. The number of rotatable bonds is 2. The molecule has 0 saturated heterocycles. The van der Waals surface area contributed by atoms with Crippen LogP contribution in [0.2, 0.25) is 0 Å². The van der Waals surface area contributed by atoms with Gasteiger partial charge in [-0.2, -0.15) is 0 Å². The topological polar surface area (TPSA) is 41.5 Å². The second kappa shape index (κ2) is 4.34. The van der Waals surface area contributed by atoms with E-state index in [9.17, 15) is 4.79 Å². The molecular formula is C10H16N2OS. The first-order valence-corrected chi connectivity index (χ1v) is 6.19. The summed E-state index contributed by atoms with van der Waals surface area (Å²) in [5.74, 6) is 0.443. The zero-order valence-corrected chi connectivity index (χ0v) is 9.27. The Kier molecular flexibility index (Phi) is 3.11. The van der Waals surface area contributed by atoms with E-state index >= 15 is 0 Å². The van der Waals surface area contributed by atoms with E-state index in [4.69, 9.17) is 0 Å². The molecule has 1 aliphatic heterocycles. The maximum absolute atomic E-state index is 11.6. The first-order valence-electron chi connectivity index (χ1n) is 5.31. The van der Waals surface area contributed by atoms with Crippen LogP contribution in [0.1, 0.15) is 32.6 Å². The Morgan fingerprint density at radius 1 is 1.64 bits per heavy atom. The number of carbonyl (C=O) groups is 1. The van der Waals surface area contributed by atoms with Crippen LogP contribution in [0.15, 0.2) is 4.99 Å². The van der Waals surface area contributed by atoms with E-state index in [1.54, 1.807) is 11.8 Å². The van der Waals surface area contributed by atoms with E-state index < -0.39 is 0 Å². The fourth-order valence-corrected chi connectivity index (χ4v) is 2.52. The predicted octanol–water partition coefficient (Wildman–Crippen LogP) is 1.78. The monoisotopic (exact) mass is 212 g/mol. The van der Waals surface area contributed by atoms with Gasteiger partial charge in [-0.05, 0) is 19.3 Å². The molecule has 4 heteroatoms. The molecule has 3 nitrogen and oxygen atoms in total.